The summed E-state index contributed by atoms with van der Waals surface area (Å²) in [6, 6.07) is 9.58. The number of carbonyl (C=O) groups excluding carboxylic acids is 1. The molecule has 0 fully saturated rings. The zero-order valence-electron chi connectivity index (χ0n) is 18.3. The summed E-state index contributed by atoms with van der Waals surface area (Å²) in [5, 5.41) is 4.42. The number of nitrogens with one attached hydrogen (secondary N) is 1. The first-order valence-electron chi connectivity index (χ1n) is 10.1. The lowest BCUT2D eigenvalue weighted by atomic mass is 9.97. The van der Waals surface area contributed by atoms with Crippen LogP contribution in [0.1, 0.15) is 34.0 Å². The largest absolute Gasteiger partial charge is 0.493 e. The number of hydrogen-bond donors (Lipinski definition) is 1. The van der Waals surface area contributed by atoms with Crippen molar-refractivity contribution in [2.24, 2.45) is 5.10 Å². The number of hydrogen-bond acceptors (Lipinski definition) is 6. The van der Waals surface area contributed by atoms with Gasteiger partial charge in [0.2, 0.25) is 0 Å². The van der Waals surface area contributed by atoms with Crippen molar-refractivity contribution in [3.8, 4) is 11.5 Å². The van der Waals surface area contributed by atoms with Crippen molar-refractivity contribution in [2.45, 2.75) is 12.5 Å². The fraction of sp³-hybridized carbons (Fsp3) is 0.167. The van der Waals surface area contributed by atoms with Crippen LogP contribution < -0.4 is 14.9 Å². The highest BCUT2D eigenvalue weighted by molar-refractivity contribution is 6.30. The number of methoxy groups -OCH3 is 2. The van der Waals surface area contributed by atoms with Crippen molar-refractivity contribution in [3.05, 3.63) is 87.4 Å². The Balaban J connectivity index is 1.74. The van der Waals surface area contributed by atoms with Gasteiger partial charge in [0.1, 0.15) is 17.4 Å². The molecule has 0 spiro atoms. The van der Waals surface area contributed by atoms with Crippen LogP contribution in [-0.2, 0) is 4.74 Å². The Morgan fingerprint density at radius 1 is 1.03 bits per heavy atom. The number of benzene rings is 3. The van der Waals surface area contributed by atoms with Crippen molar-refractivity contribution in [2.75, 3.05) is 19.6 Å². The minimum absolute atomic E-state index is 0.0656. The predicted octanol–water partition coefficient (Wildman–Crippen LogP) is 6.03. The third kappa shape index (κ3) is 4.61. The fourth-order valence-electron chi connectivity index (χ4n) is 3.66. The molecule has 1 aliphatic heterocycles. The average Bonchev–Trinajstić information content (AvgIpc) is 3.17. The summed E-state index contributed by atoms with van der Waals surface area (Å²) in [6.45, 7) is 0. The second-order valence-electron chi connectivity index (χ2n) is 7.38. The SMILES string of the molecule is COc1ccc2c(c1OC)C(=O)O[C@@H]2C/C(=N/Nc1c(F)c(F)cc(F)c1F)c1ccc(Cl)cc1. The smallest absolute Gasteiger partial charge is 0.343 e. The van der Waals surface area contributed by atoms with Crippen LogP contribution in [-0.4, -0.2) is 25.9 Å². The van der Waals surface area contributed by atoms with Gasteiger partial charge in [-0.25, -0.2) is 22.4 Å². The second kappa shape index (κ2) is 9.83. The topological polar surface area (TPSA) is 69.2 Å². The van der Waals surface area contributed by atoms with Crippen molar-refractivity contribution in [1.29, 1.82) is 0 Å². The first kappa shape index (κ1) is 24.3. The molecule has 0 saturated heterocycles. The maximum absolute atomic E-state index is 14.1. The van der Waals surface area contributed by atoms with Gasteiger partial charge in [-0.2, -0.15) is 5.10 Å². The van der Waals surface area contributed by atoms with E-state index in [2.05, 4.69) is 10.5 Å². The summed E-state index contributed by atoms with van der Waals surface area (Å²) < 4.78 is 71.5. The van der Waals surface area contributed by atoms with E-state index in [9.17, 15) is 22.4 Å². The quantitative estimate of drug-likeness (QED) is 0.139. The zero-order valence-corrected chi connectivity index (χ0v) is 19.1. The lowest BCUT2D eigenvalue weighted by molar-refractivity contribution is 0.0398. The van der Waals surface area contributed by atoms with Crippen LogP contribution in [0.4, 0.5) is 23.2 Å². The Bertz CT molecular complexity index is 1310. The normalized spacial score (nSPS) is 15.0. The molecule has 0 amide bonds. The van der Waals surface area contributed by atoms with Gasteiger partial charge < -0.3 is 14.2 Å². The van der Waals surface area contributed by atoms with E-state index in [0.717, 1.165) is 0 Å². The van der Waals surface area contributed by atoms with Gasteiger partial charge in [0.15, 0.2) is 34.8 Å². The van der Waals surface area contributed by atoms with Crippen LogP contribution in [0.25, 0.3) is 0 Å². The van der Waals surface area contributed by atoms with Gasteiger partial charge in [0.05, 0.1) is 19.9 Å². The number of cyclic esters (lactones) is 1. The van der Waals surface area contributed by atoms with Gasteiger partial charge in [-0.1, -0.05) is 29.8 Å². The molecule has 35 heavy (non-hydrogen) atoms. The van der Waals surface area contributed by atoms with Crippen LogP contribution in [0.15, 0.2) is 47.6 Å². The summed E-state index contributed by atoms with van der Waals surface area (Å²) >= 11 is 5.95. The second-order valence-corrected chi connectivity index (χ2v) is 7.82. The Hall–Kier alpha value is -3.79. The Morgan fingerprint density at radius 2 is 1.69 bits per heavy atom. The Morgan fingerprint density at radius 3 is 2.29 bits per heavy atom. The zero-order chi connectivity index (χ0) is 25.3. The highest BCUT2D eigenvalue weighted by Gasteiger charge is 2.36. The molecule has 0 saturated carbocycles. The monoisotopic (exact) mass is 508 g/mol. The summed E-state index contributed by atoms with van der Waals surface area (Å²) in [5.74, 6) is -6.59. The summed E-state index contributed by atoms with van der Waals surface area (Å²) in [6.07, 6.45) is -0.920. The molecular weight excluding hydrogens is 492 g/mol. The molecule has 11 heteroatoms. The van der Waals surface area contributed by atoms with Gasteiger partial charge in [0.25, 0.3) is 0 Å². The van der Waals surface area contributed by atoms with Crippen molar-refractivity contribution >= 4 is 29.0 Å². The molecule has 3 aromatic carbocycles. The van der Waals surface area contributed by atoms with Gasteiger partial charge in [-0.05, 0) is 23.8 Å². The number of halogens is 5. The maximum atomic E-state index is 14.1. The number of carbonyl (C=O) groups is 1. The number of rotatable bonds is 7. The van der Waals surface area contributed by atoms with Gasteiger partial charge in [0, 0.05) is 23.1 Å². The van der Waals surface area contributed by atoms with E-state index in [1.807, 2.05) is 0 Å². The fourth-order valence-corrected chi connectivity index (χ4v) is 3.79. The molecule has 4 rings (SSSR count). The van der Waals surface area contributed by atoms with Crippen molar-refractivity contribution in [3.63, 3.8) is 0 Å². The van der Waals surface area contributed by atoms with E-state index < -0.39 is 41.0 Å². The molecule has 3 aromatic rings. The van der Waals surface area contributed by atoms with E-state index in [4.69, 9.17) is 25.8 Å². The van der Waals surface area contributed by atoms with Gasteiger partial charge >= 0.3 is 5.97 Å². The lowest BCUT2D eigenvalue weighted by Gasteiger charge is -2.15. The molecule has 1 atom stereocenters. The number of hydrazone groups is 1. The summed E-state index contributed by atoms with van der Waals surface area (Å²) in [7, 11) is 2.80. The maximum Gasteiger partial charge on any atom is 0.343 e. The highest BCUT2D eigenvalue weighted by atomic mass is 35.5. The number of ether oxygens (including phenoxy) is 3. The van der Waals surface area contributed by atoms with E-state index >= 15 is 0 Å². The molecule has 0 aliphatic carbocycles. The minimum Gasteiger partial charge on any atom is -0.493 e. The van der Waals surface area contributed by atoms with Gasteiger partial charge in [-0.3, -0.25) is 5.43 Å². The van der Waals surface area contributed by atoms with E-state index in [1.165, 1.54) is 14.2 Å². The molecule has 0 radical (unpaired) electrons. The number of fused-ring (bicyclic) bond motifs is 1. The first-order chi connectivity index (χ1) is 16.7. The van der Waals surface area contributed by atoms with Crippen LogP contribution in [0.5, 0.6) is 11.5 Å². The minimum atomic E-state index is -1.64. The van der Waals surface area contributed by atoms with E-state index in [1.54, 1.807) is 36.4 Å². The third-order valence-corrected chi connectivity index (χ3v) is 5.60. The summed E-state index contributed by atoms with van der Waals surface area (Å²) in [4.78, 5) is 12.6. The van der Waals surface area contributed by atoms with Crippen LogP contribution in [0.2, 0.25) is 5.02 Å². The molecule has 1 aliphatic rings. The average molecular weight is 509 g/mol. The molecule has 6 nitrogen and oxygen atoms in total. The Kier molecular flexibility index (Phi) is 6.83. The van der Waals surface area contributed by atoms with Crippen LogP contribution in [0.3, 0.4) is 0 Å². The number of anilines is 1. The molecule has 182 valence electrons. The lowest BCUT2D eigenvalue weighted by Crippen LogP contribution is -2.12. The van der Waals surface area contributed by atoms with E-state index in [-0.39, 0.29) is 29.5 Å². The standard InChI is InChI=1S/C24H17ClF4N2O4/c1-33-17-8-7-13-18(35-24(32)19(13)23(17)34-2)10-16(11-3-5-12(25)6-4-11)30-31-22-20(28)14(26)9-15(27)21(22)29/h3-9,18,31H,10H2,1-2H3/b30-16-/t18-/m1/s1. The number of esters is 1. The van der Waals surface area contributed by atoms with Gasteiger partial charge in [-0.15, -0.1) is 0 Å². The molecular formula is C24H17ClF4N2O4. The van der Waals surface area contributed by atoms with Crippen LogP contribution >= 0.6 is 11.6 Å². The predicted molar refractivity (Wildman–Crippen MR) is 120 cm³/mol. The molecule has 0 aromatic heterocycles. The van der Waals surface area contributed by atoms with Crippen molar-refractivity contribution in [1.82, 2.24) is 0 Å². The summed E-state index contributed by atoms with van der Waals surface area (Å²) in [5.41, 5.74) is 2.21. The first-order valence-corrected chi connectivity index (χ1v) is 10.5. The van der Waals surface area contributed by atoms with Crippen LogP contribution in [0, 0.1) is 23.3 Å². The number of nitrogens with zero attached hydrogens (tertiary/aromatic N) is 1. The molecule has 1 N–H and O–H groups in total. The highest BCUT2D eigenvalue weighted by Crippen LogP contribution is 2.43. The molecule has 1 heterocycles. The molecule has 0 bridgehead atoms. The molecule has 0 unspecified atom stereocenters. The Labute approximate surface area is 202 Å². The third-order valence-electron chi connectivity index (χ3n) is 5.35. The van der Waals surface area contributed by atoms with Crippen molar-refractivity contribution < 1.29 is 36.6 Å². The van der Waals surface area contributed by atoms with E-state index in [0.29, 0.717) is 21.9 Å².